The Morgan fingerprint density at radius 2 is 1.79 bits per heavy atom. The van der Waals surface area contributed by atoms with E-state index in [9.17, 15) is 9.59 Å². The number of pyridine rings is 1. The molecule has 0 atom stereocenters. The van der Waals surface area contributed by atoms with Gasteiger partial charge in [0.2, 0.25) is 0 Å². The third kappa shape index (κ3) is 6.91. The minimum absolute atomic E-state index is 0.0392. The Labute approximate surface area is 255 Å². The molecule has 1 aliphatic carbocycles. The molecule has 0 fully saturated rings. The van der Waals surface area contributed by atoms with Crippen molar-refractivity contribution >= 4 is 39.2 Å². The van der Waals surface area contributed by atoms with Crippen LogP contribution in [0.4, 0.5) is 0 Å². The number of hydrogen-bond donors (Lipinski definition) is 0. The highest BCUT2D eigenvalue weighted by atomic mass is 32.1. The molecule has 43 heavy (non-hydrogen) atoms. The number of likely N-dealkylation sites (N-methyl/N-ethyl adjacent to an activating group) is 1. The average molecular weight is 585 g/mol. The van der Waals surface area contributed by atoms with E-state index < -0.39 is 0 Å². The van der Waals surface area contributed by atoms with Gasteiger partial charge in [0, 0.05) is 49.6 Å². The fourth-order valence-corrected chi connectivity index (χ4v) is 6.06. The number of aromatic nitrogens is 3. The predicted octanol–water partition coefficient (Wildman–Crippen LogP) is 6.57. The number of rotatable bonds is 11. The Morgan fingerprint density at radius 1 is 0.953 bits per heavy atom. The van der Waals surface area contributed by atoms with E-state index in [1.54, 1.807) is 17.4 Å². The van der Waals surface area contributed by atoms with Gasteiger partial charge in [-0.2, -0.15) is 0 Å². The lowest BCUT2D eigenvalue weighted by atomic mass is 9.98. The zero-order chi connectivity index (χ0) is 29.8. The van der Waals surface area contributed by atoms with E-state index in [4.69, 9.17) is 9.97 Å². The largest absolute Gasteiger partial charge is 0.306 e. The maximum atomic E-state index is 13.1. The summed E-state index contributed by atoms with van der Waals surface area (Å²) in [5.74, 6) is 0.826. The Morgan fingerprint density at radius 3 is 2.63 bits per heavy atom. The normalized spacial score (nSPS) is 12.4. The Kier molecular flexibility index (Phi) is 8.45. The summed E-state index contributed by atoms with van der Waals surface area (Å²) in [5, 5.41) is 2.05. The van der Waals surface area contributed by atoms with Gasteiger partial charge in [-0.25, -0.2) is 9.97 Å². The first kappa shape index (κ1) is 28.5. The summed E-state index contributed by atoms with van der Waals surface area (Å²) in [6.07, 6.45) is 11.7. The van der Waals surface area contributed by atoms with Gasteiger partial charge in [0.1, 0.15) is 5.82 Å². The Balaban J connectivity index is 1.14. The summed E-state index contributed by atoms with van der Waals surface area (Å²) in [6.45, 7) is 0.725. The van der Waals surface area contributed by atoms with E-state index in [1.807, 2.05) is 79.1 Å². The molecule has 0 saturated heterocycles. The topological polar surface area (TPSA) is 76.1 Å². The van der Waals surface area contributed by atoms with E-state index >= 15 is 0 Å². The first-order valence-electron chi connectivity index (χ1n) is 14.4. The summed E-state index contributed by atoms with van der Waals surface area (Å²) in [4.78, 5) is 41.8. The molecule has 3 heterocycles. The van der Waals surface area contributed by atoms with Gasteiger partial charge in [0.25, 0.3) is 0 Å². The lowest BCUT2D eigenvalue weighted by Crippen LogP contribution is -2.11. The van der Waals surface area contributed by atoms with Crippen LogP contribution in [0.5, 0.6) is 0 Å². The van der Waals surface area contributed by atoms with E-state index in [-0.39, 0.29) is 11.6 Å². The van der Waals surface area contributed by atoms with Crippen molar-refractivity contribution in [2.24, 2.45) is 0 Å². The maximum absolute atomic E-state index is 13.1. The summed E-state index contributed by atoms with van der Waals surface area (Å²) in [6, 6.07) is 19.6. The Bertz CT molecular complexity index is 1870. The fraction of sp³-hybridized carbons (Fsp3) is 0.194. The lowest BCUT2D eigenvalue weighted by Gasteiger charge is -2.09. The number of carbonyl (C=O) groups is 2. The molecular weight excluding hydrogens is 552 g/mol. The van der Waals surface area contributed by atoms with Crippen LogP contribution in [0.25, 0.3) is 27.6 Å². The molecule has 0 N–H and O–H groups in total. The lowest BCUT2D eigenvalue weighted by molar-refractivity contribution is -0.114. The van der Waals surface area contributed by atoms with Gasteiger partial charge in [0.15, 0.2) is 11.6 Å². The van der Waals surface area contributed by atoms with Crippen LogP contribution in [-0.4, -0.2) is 52.1 Å². The van der Waals surface area contributed by atoms with Gasteiger partial charge >= 0.3 is 0 Å². The molecule has 6 rings (SSSR count). The smallest absolute Gasteiger partial charge is 0.167 e. The standard InChI is InChI=1S/C36H32N4O2S/c1-40(2)16-5-9-30(41)19-24-11-13-27(14-12-24)33(42)20-25-6-3-7-26(18-25)21-34-38-32-15-17-43-36(32)35(39-34)29-22-28-8-4-10-31(28)37-23-29/h3-9,11-15,17-18,22-23H,10,16,19-21H2,1-2H3/b9-5+. The van der Waals surface area contributed by atoms with Crippen molar-refractivity contribution in [3.8, 4) is 11.3 Å². The molecule has 1 aliphatic rings. The SMILES string of the molecule is CN(C)C/C=C/C(=O)Cc1ccc(C(=O)Cc2cccc(Cc3nc(-c4cnc5c(c4)C=CC5)c4sccc4n3)c2)cc1. The molecule has 0 saturated carbocycles. The number of hydrogen-bond acceptors (Lipinski definition) is 7. The minimum atomic E-state index is 0.0392. The highest BCUT2D eigenvalue weighted by molar-refractivity contribution is 7.17. The summed E-state index contributed by atoms with van der Waals surface area (Å²) in [7, 11) is 3.92. The first-order chi connectivity index (χ1) is 20.9. The number of Topliss-reactive ketones (excluding diaryl/α,β-unsaturated/α-hetero) is 1. The number of benzene rings is 2. The molecule has 0 aliphatic heterocycles. The van der Waals surface area contributed by atoms with Crippen molar-refractivity contribution in [1.82, 2.24) is 19.9 Å². The van der Waals surface area contributed by atoms with Gasteiger partial charge in [-0.05, 0) is 59.9 Å². The molecule has 6 nitrogen and oxygen atoms in total. The third-order valence-electron chi connectivity index (χ3n) is 7.38. The number of thiophene rings is 1. The maximum Gasteiger partial charge on any atom is 0.167 e. The quantitative estimate of drug-likeness (QED) is 0.129. The van der Waals surface area contributed by atoms with Crippen LogP contribution in [0.3, 0.4) is 0 Å². The summed E-state index contributed by atoms with van der Waals surface area (Å²) >= 11 is 1.64. The van der Waals surface area contributed by atoms with Crippen LogP contribution in [0.1, 0.15) is 44.1 Å². The van der Waals surface area contributed by atoms with Crippen molar-refractivity contribution in [3.63, 3.8) is 0 Å². The monoisotopic (exact) mass is 584 g/mol. The molecule has 3 aromatic heterocycles. The van der Waals surface area contributed by atoms with Gasteiger partial charge in [-0.15, -0.1) is 11.3 Å². The molecule has 0 bridgehead atoms. The van der Waals surface area contributed by atoms with Crippen LogP contribution in [0.2, 0.25) is 0 Å². The van der Waals surface area contributed by atoms with E-state index in [2.05, 4.69) is 35.3 Å². The van der Waals surface area contributed by atoms with E-state index in [0.717, 1.165) is 68.2 Å². The molecule has 7 heteroatoms. The third-order valence-corrected chi connectivity index (χ3v) is 8.29. The summed E-state index contributed by atoms with van der Waals surface area (Å²) < 4.78 is 1.06. The molecule has 214 valence electrons. The van der Waals surface area contributed by atoms with Crippen molar-refractivity contribution in [3.05, 3.63) is 130 Å². The first-order valence-corrected chi connectivity index (χ1v) is 15.2. The molecule has 0 radical (unpaired) electrons. The van der Waals surface area contributed by atoms with Crippen LogP contribution in [0.15, 0.2) is 90.5 Å². The number of nitrogens with zero attached hydrogens (tertiary/aromatic N) is 4. The highest BCUT2D eigenvalue weighted by Gasteiger charge is 2.15. The Hall–Kier alpha value is -4.59. The second-order valence-electron chi connectivity index (χ2n) is 11.1. The molecule has 5 aromatic rings. The number of carbonyl (C=O) groups excluding carboxylic acids is 2. The van der Waals surface area contributed by atoms with E-state index in [0.29, 0.717) is 24.8 Å². The molecule has 0 amide bonds. The van der Waals surface area contributed by atoms with Crippen LogP contribution in [-0.2, 0) is 30.5 Å². The van der Waals surface area contributed by atoms with Gasteiger partial charge in [0.05, 0.1) is 21.6 Å². The van der Waals surface area contributed by atoms with Crippen molar-refractivity contribution in [2.75, 3.05) is 20.6 Å². The van der Waals surface area contributed by atoms with Crippen LogP contribution >= 0.6 is 11.3 Å². The fourth-order valence-electron chi connectivity index (χ4n) is 5.22. The van der Waals surface area contributed by atoms with Crippen molar-refractivity contribution < 1.29 is 9.59 Å². The van der Waals surface area contributed by atoms with Crippen LogP contribution < -0.4 is 0 Å². The van der Waals surface area contributed by atoms with Crippen molar-refractivity contribution in [1.29, 1.82) is 0 Å². The second-order valence-corrected chi connectivity index (χ2v) is 12.0. The predicted molar refractivity (Wildman–Crippen MR) is 174 cm³/mol. The summed E-state index contributed by atoms with van der Waals surface area (Å²) in [5.41, 5.74) is 8.62. The zero-order valence-electron chi connectivity index (χ0n) is 24.3. The second kappa shape index (κ2) is 12.7. The highest BCUT2D eigenvalue weighted by Crippen LogP contribution is 2.32. The molecular formula is C36H32N4O2S. The number of ketones is 2. The van der Waals surface area contributed by atoms with E-state index in [1.165, 1.54) is 0 Å². The minimum Gasteiger partial charge on any atom is -0.306 e. The van der Waals surface area contributed by atoms with Crippen molar-refractivity contribution in [2.45, 2.75) is 25.7 Å². The van der Waals surface area contributed by atoms with Crippen LogP contribution in [0, 0.1) is 0 Å². The molecule has 2 aromatic carbocycles. The molecule has 0 unspecified atom stereocenters. The zero-order valence-corrected chi connectivity index (χ0v) is 25.1. The van der Waals surface area contributed by atoms with Gasteiger partial charge in [-0.3, -0.25) is 14.6 Å². The molecule has 0 spiro atoms. The average Bonchev–Trinajstić information content (AvgIpc) is 3.66. The van der Waals surface area contributed by atoms with Gasteiger partial charge in [-0.1, -0.05) is 66.8 Å². The number of allylic oxidation sites excluding steroid dienone is 2. The number of fused-ring (bicyclic) bond motifs is 2. The van der Waals surface area contributed by atoms with Gasteiger partial charge < -0.3 is 4.90 Å².